The lowest BCUT2D eigenvalue weighted by molar-refractivity contribution is -0.123. The fourth-order valence-electron chi connectivity index (χ4n) is 3.97. The molecule has 1 atom stereocenters. The predicted molar refractivity (Wildman–Crippen MR) is 145 cm³/mol. The number of amides is 2. The molecule has 0 bridgehead atoms. The van der Waals surface area contributed by atoms with E-state index in [1.54, 1.807) is 66.7 Å². The highest BCUT2D eigenvalue weighted by Gasteiger charge is 2.22. The lowest BCUT2D eigenvalue weighted by atomic mass is 10.1. The molecular weight excluding hydrogens is 522 g/mol. The third-order valence-electron chi connectivity index (χ3n) is 5.77. The Kier molecular flexibility index (Phi) is 7.15. The predicted octanol–water partition coefficient (Wildman–Crippen LogP) is 3.37. The number of nitrogens with zero attached hydrogens (tertiary/aromatic N) is 4. The minimum absolute atomic E-state index is 0.218. The quantitative estimate of drug-likeness (QED) is 0.230. The number of anilines is 1. The van der Waals surface area contributed by atoms with Crippen molar-refractivity contribution in [3.8, 4) is 11.4 Å². The molecule has 0 saturated carbocycles. The maximum Gasteiger partial charge on any atom is 0.252 e. The summed E-state index contributed by atoms with van der Waals surface area (Å²) in [6, 6.07) is 18.5. The number of hydrogen-bond acceptors (Lipinski definition) is 7. The van der Waals surface area contributed by atoms with Crippen LogP contribution in [0.2, 0.25) is 5.02 Å². The average Bonchev–Trinajstić information content (AvgIpc) is 3.46. The van der Waals surface area contributed by atoms with E-state index in [9.17, 15) is 19.5 Å². The van der Waals surface area contributed by atoms with E-state index in [4.69, 9.17) is 11.6 Å². The number of carbonyl (C=O) groups is 2. The molecule has 0 aliphatic heterocycles. The summed E-state index contributed by atoms with van der Waals surface area (Å²) in [6.45, 7) is 0. The number of benzene rings is 3. The van der Waals surface area contributed by atoms with Crippen LogP contribution in [0.3, 0.4) is 0 Å². The lowest BCUT2D eigenvalue weighted by Gasteiger charge is -2.18. The number of aromatic amines is 1. The normalized spacial score (nSPS) is 11.9. The van der Waals surface area contributed by atoms with Crippen molar-refractivity contribution in [1.29, 1.82) is 0 Å². The van der Waals surface area contributed by atoms with Gasteiger partial charge in [0.25, 0.3) is 11.5 Å². The Labute approximate surface area is 225 Å². The van der Waals surface area contributed by atoms with Crippen LogP contribution in [0.1, 0.15) is 17.2 Å². The number of aromatic nitrogens is 5. The number of tetrazole rings is 1. The van der Waals surface area contributed by atoms with Crippen molar-refractivity contribution in [2.75, 3.05) is 5.32 Å². The molecule has 5 rings (SSSR count). The Balaban J connectivity index is 1.39. The summed E-state index contributed by atoms with van der Waals surface area (Å²) in [5.41, 5.74) is 2.08. The van der Waals surface area contributed by atoms with Gasteiger partial charge in [0, 0.05) is 33.8 Å². The van der Waals surface area contributed by atoms with Gasteiger partial charge in [0.1, 0.15) is 18.1 Å². The number of halogens is 1. The van der Waals surface area contributed by atoms with Gasteiger partial charge in [-0.3, -0.25) is 14.4 Å². The van der Waals surface area contributed by atoms with E-state index in [1.165, 1.54) is 23.2 Å². The maximum absolute atomic E-state index is 13.3. The van der Waals surface area contributed by atoms with Gasteiger partial charge in [-0.25, -0.2) is 0 Å². The highest BCUT2D eigenvalue weighted by Crippen LogP contribution is 2.25. The molecule has 0 saturated heterocycles. The molecule has 0 spiro atoms. The molecule has 4 N–H and O–H groups in total. The van der Waals surface area contributed by atoms with Crippen molar-refractivity contribution < 1.29 is 14.7 Å². The second-order valence-electron chi connectivity index (χ2n) is 8.41. The Morgan fingerprint density at radius 3 is 2.64 bits per heavy atom. The number of pyridine rings is 1. The molecule has 2 aromatic heterocycles. The summed E-state index contributed by atoms with van der Waals surface area (Å²) in [6.07, 6.45) is 4.25. The Bertz CT molecular complexity index is 1750. The highest BCUT2D eigenvalue weighted by molar-refractivity contribution is 6.30. The molecule has 0 fully saturated rings. The zero-order valence-corrected chi connectivity index (χ0v) is 20.8. The van der Waals surface area contributed by atoms with Gasteiger partial charge >= 0.3 is 0 Å². The summed E-state index contributed by atoms with van der Waals surface area (Å²) in [5, 5.41) is 27.6. The van der Waals surface area contributed by atoms with E-state index in [2.05, 4.69) is 31.1 Å². The SMILES string of the molecule is O=C(/C=C/c1cc(Cl)ccc1-n1cnnn1)NC(C(=O)Nc1ccc2[nH]c(=O)cc(O)c2c1)c1ccccc1. The van der Waals surface area contributed by atoms with Crippen LogP contribution >= 0.6 is 11.6 Å². The van der Waals surface area contributed by atoms with Gasteiger partial charge in [0.05, 0.1) is 11.2 Å². The van der Waals surface area contributed by atoms with Crippen molar-refractivity contribution in [3.63, 3.8) is 0 Å². The van der Waals surface area contributed by atoms with Gasteiger partial charge in [-0.15, -0.1) is 5.10 Å². The Morgan fingerprint density at radius 2 is 1.87 bits per heavy atom. The standard InChI is InChI=1S/C27H20ClN7O4/c28-18-7-10-22(35-15-29-33-34-35)17(12-18)6-11-24(37)32-26(16-4-2-1-3-5-16)27(39)30-19-8-9-21-20(13-19)23(36)14-25(38)31-21/h1-15,26H,(H,30,39)(H,32,37)(H2,31,36,38)/b11-6+. The molecule has 0 aliphatic rings. The molecule has 5 aromatic rings. The van der Waals surface area contributed by atoms with Crippen molar-refractivity contribution >= 4 is 46.1 Å². The monoisotopic (exact) mass is 541 g/mol. The molecule has 0 radical (unpaired) electrons. The van der Waals surface area contributed by atoms with Crippen LogP contribution in [-0.4, -0.2) is 42.1 Å². The van der Waals surface area contributed by atoms with Gasteiger partial charge in [-0.2, -0.15) is 4.68 Å². The molecule has 3 aromatic carbocycles. The molecule has 12 heteroatoms. The minimum atomic E-state index is -1.04. The fourth-order valence-corrected chi connectivity index (χ4v) is 4.15. The van der Waals surface area contributed by atoms with E-state index in [1.807, 2.05) is 0 Å². The number of rotatable bonds is 7. The molecular formula is C27H20ClN7O4. The third kappa shape index (κ3) is 5.84. The number of aromatic hydroxyl groups is 1. The van der Waals surface area contributed by atoms with Crippen molar-refractivity contribution in [1.82, 2.24) is 30.5 Å². The Hall–Kier alpha value is -5.29. The zero-order valence-electron chi connectivity index (χ0n) is 20.1. The number of nitrogens with one attached hydrogen (secondary N) is 3. The van der Waals surface area contributed by atoms with Crippen LogP contribution in [0.15, 0.2) is 90.0 Å². The third-order valence-corrected chi connectivity index (χ3v) is 6.01. The van der Waals surface area contributed by atoms with Crippen LogP contribution in [0.5, 0.6) is 5.75 Å². The first-order valence-electron chi connectivity index (χ1n) is 11.6. The summed E-state index contributed by atoms with van der Waals surface area (Å²) in [4.78, 5) is 40.5. The van der Waals surface area contributed by atoms with Crippen molar-refractivity contribution in [2.24, 2.45) is 0 Å². The molecule has 1 unspecified atom stereocenters. The first kappa shape index (κ1) is 25.4. The van der Waals surface area contributed by atoms with Gasteiger partial charge in [-0.1, -0.05) is 41.9 Å². The Morgan fingerprint density at radius 1 is 1.05 bits per heavy atom. The van der Waals surface area contributed by atoms with E-state index < -0.39 is 23.4 Å². The lowest BCUT2D eigenvalue weighted by Crippen LogP contribution is -2.36. The first-order valence-corrected chi connectivity index (χ1v) is 12.0. The number of H-pyrrole nitrogens is 1. The highest BCUT2D eigenvalue weighted by atomic mass is 35.5. The van der Waals surface area contributed by atoms with E-state index in [0.717, 1.165) is 6.07 Å². The minimum Gasteiger partial charge on any atom is -0.507 e. The van der Waals surface area contributed by atoms with Crippen molar-refractivity contribution in [3.05, 3.63) is 112 Å². The van der Waals surface area contributed by atoms with Crippen LogP contribution < -0.4 is 16.2 Å². The summed E-state index contributed by atoms with van der Waals surface area (Å²) >= 11 is 6.15. The molecule has 39 heavy (non-hydrogen) atoms. The zero-order chi connectivity index (χ0) is 27.4. The largest absolute Gasteiger partial charge is 0.507 e. The fraction of sp³-hybridized carbons (Fsp3) is 0.0370. The van der Waals surface area contributed by atoms with Crippen LogP contribution in [0, 0.1) is 0 Å². The van der Waals surface area contributed by atoms with Crippen molar-refractivity contribution in [2.45, 2.75) is 6.04 Å². The van der Waals surface area contributed by atoms with Gasteiger partial charge in [0.2, 0.25) is 5.91 Å². The second-order valence-corrected chi connectivity index (χ2v) is 8.85. The number of fused-ring (bicyclic) bond motifs is 1. The average molecular weight is 542 g/mol. The molecule has 2 heterocycles. The van der Waals surface area contributed by atoms with Crippen LogP contribution in [0.25, 0.3) is 22.7 Å². The topological polar surface area (TPSA) is 155 Å². The molecule has 2 amide bonds. The smallest absolute Gasteiger partial charge is 0.252 e. The van der Waals surface area contributed by atoms with E-state index in [0.29, 0.717) is 38.4 Å². The maximum atomic E-state index is 13.3. The van der Waals surface area contributed by atoms with Crippen LogP contribution in [-0.2, 0) is 9.59 Å². The number of carbonyl (C=O) groups excluding carboxylic acids is 2. The van der Waals surface area contributed by atoms with Gasteiger partial charge in [0.15, 0.2) is 0 Å². The molecule has 0 aliphatic carbocycles. The molecule has 194 valence electrons. The summed E-state index contributed by atoms with van der Waals surface area (Å²) in [7, 11) is 0. The molecule has 11 nitrogen and oxygen atoms in total. The van der Waals surface area contributed by atoms with E-state index in [-0.39, 0.29) is 5.75 Å². The number of hydrogen-bond donors (Lipinski definition) is 4. The summed E-state index contributed by atoms with van der Waals surface area (Å²) in [5.74, 6) is -1.26. The van der Waals surface area contributed by atoms with Gasteiger partial charge < -0.3 is 20.7 Å². The second kappa shape index (κ2) is 11.0. The van der Waals surface area contributed by atoms with E-state index >= 15 is 0 Å². The van der Waals surface area contributed by atoms with Crippen LogP contribution in [0.4, 0.5) is 5.69 Å². The summed E-state index contributed by atoms with van der Waals surface area (Å²) < 4.78 is 1.44. The first-order chi connectivity index (χ1) is 18.9. The van der Waals surface area contributed by atoms with Gasteiger partial charge in [-0.05, 0) is 58.5 Å².